The Bertz CT molecular complexity index is 2010. The summed E-state index contributed by atoms with van der Waals surface area (Å²) in [6, 6.07) is 11.6. The lowest BCUT2D eigenvalue weighted by Gasteiger charge is -2.49. The van der Waals surface area contributed by atoms with E-state index in [2.05, 4.69) is 0 Å². The summed E-state index contributed by atoms with van der Waals surface area (Å²) in [4.78, 5) is 70.1. The predicted molar refractivity (Wildman–Crippen MR) is 168 cm³/mol. The molecule has 4 amide bonds. The number of carbonyl (C=O) groups is 5. The lowest BCUT2D eigenvalue weighted by Crippen LogP contribution is -2.48. The zero-order valence-corrected chi connectivity index (χ0v) is 26.3. The molecular formula is C35H28ClFN2O9. The lowest BCUT2D eigenvalue weighted by atomic mass is 9.51. The monoisotopic (exact) mass is 674 g/mol. The van der Waals surface area contributed by atoms with Crippen molar-refractivity contribution in [2.24, 2.45) is 29.1 Å². The first-order valence-electron chi connectivity index (χ1n) is 15.1. The number of methoxy groups -OCH3 is 1. The Labute approximate surface area is 277 Å². The fourth-order valence-corrected chi connectivity index (χ4v) is 8.39. The van der Waals surface area contributed by atoms with E-state index < -0.39 is 81.7 Å². The Morgan fingerprint density at radius 2 is 1.62 bits per heavy atom. The molecule has 1 saturated carbocycles. The van der Waals surface area contributed by atoms with Gasteiger partial charge in [-0.15, -0.1) is 0 Å². The normalized spacial score (nSPS) is 27.8. The number of nitrogens with zero attached hydrogens (tertiary/aromatic N) is 2. The molecule has 11 nitrogen and oxygen atoms in total. The van der Waals surface area contributed by atoms with Crippen molar-refractivity contribution in [1.82, 2.24) is 0 Å². The zero-order chi connectivity index (χ0) is 34.4. The summed E-state index contributed by atoms with van der Waals surface area (Å²) in [5.41, 5.74) is -0.863. The van der Waals surface area contributed by atoms with Gasteiger partial charge in [0.05, 0.1) is 46.7 Å². The number of fused-ring (bicyclic) bond motifs is 4. The SMILES string of the molecule is COc1ccc(C2C3=CCC4C(=O)N(c5ccc(C(=O)O)c(O)c5)C(=O)C4C3CC3C(=O)N(c4ccc(F)c(Cl)c4)C(=O)C32C)c(O)c1. The topological polar surface area (TPSA) is 162 Å². The number of halogens is 2. The number of aromatic carboxylic acids is 1. The van der Waals surface area contributed by atoms with Crippen LogP contribution in [0.4, 0.5) is 15.8 Å². The van der Waals surface area contributed by atoms with Gasteiger partial charge in [0, 0.05) is 23.6 Å². The van der Waals surface area contributed by atoms with Crippen LogP contribution in [0.25, 0.3) is 0 Å². The molecule has 3 fully saturated rings. The number of phenolic OH excluding ortho intramolecular Hbond substituents is 1. The van der Waals surface area contributed by atoms with Crippen LogP contribution in [-0.4, -0.2) is 52.0 Å². The van der Waals surface area contributed by atoms with E-state index in [1.165, 1.54) is 31.4 Å². The number of amides is 4. The number of hydrogen-bond acceptors (Lipinski definition) is 8. The van der Waals surface area contributed by atoms with Crippen LogP contribution >= 0.6 is 11.6 Å². The minimum Gasteiger partial charge on any atom is -0.508 e. The quantitative estimate of drug-likeness (QED) is 0.249. The van der Waals surface area contributed by atoms with Gasteiger partial charge in [0.2, 0.25) is 23.6 Å². The maximum absolute atomic E-state index is 14.5. The molecule has 4 aliphatic rings. The molecule has 2 aliphatic heterocycles. The molecule has 3 aromatic rings. The molecule has 48 heavy (non-hydrogen) atoms. The largest absolute Gasteiger partial charge is 0.508 e. The van der Waals surface area contributed by atoms with E-state index in [0.717, 1.165) is 28.0 Å². The number of ether oxygens (including phenoxy) is 1. The van der Waals surface area contributed by atoms with Gasteiger partial charge in [-0.25, -0.2) is 19.0 Å². The first-order chi connectivity index (χ1) is 22.8. The van der Waals surface area contributed by atoms with Crippen molar-refractivity contribution >= 4 is 52.6 Å². The second-order valence-electron chi connectivity index (χ2n) is 12.7. The summed E-state index contributed by atoms with van der Waals surface area (Å²) < 4.78 is 19.4. The Morgan fingerprint density at radius 1 is 0.917 bits per heavy atom. The van der Waals surface area contributed by atoms with E-state index in [-0.39, 0.29) is 35.0 Å². The van der Waals surface area contributed by atoms with Crippen LogP contribution in [0, 0.1) is 34.9 Å². The van der Waals surface area contributed by atoms with Crippen LogP contribution < -0.4 is 14.5 Å². The maximum Gasteiger partial charge on any atom is 0.339 e. The molecule has 6 atom stereocenters. The van der Waals surface area contributed by atoms with E-state index in [1.807, 2.05) is 0 Å². The highest BCUT2D eigenvalue weighted by Crippen LogP contribution is 2.64. The minimum absolute atomic E-state index is 0.0000640. The molecule has 2 saturated heterocycles. The molecule has 3 N–H and O–H groups in total. The van der Waals surface area contributed by atoms with Gasteiger partial charge < -0.3 is 20.1 Å². The van der Waals surface area contributed by atoms with Gasteiger partial charge in [0.15, 0.2) is 0 Å². The molecule has 0 aromatic heterocycles. The summed E-state index contributed by atoms with van der Waals surface area (Å²) in [6.07, 6.45) is 1.93. The van der Waals surface area contributed by atoms with Crippen LogP contribution in [0.2, 0.25) is 5.02 Å². The molecule has 3 aromatic carbocycles. The summed E-state index contributed by atoms with van der Waals surface area (Å²) >= 11 is 6.04. The lowest BCUT2D eigenvalue weighted by molar-refractivity contribution is -0.131. The van der Waals surface area contributed by atoms with Gasteiger partial charge >= 0.3 is 5.97 Å². The second-order valence-corrected chi connectivity index (χ2v) is 13.1. The number of hydrogen-bond donors (Lipinski definition) is 3. The number of aromatic hydroxyl groups is 2. The van der Waals surface area contributed by atoms with Gasteiger partial charge in [0.25, 0.3) is 0 Å². The molecular weight excluding hydrogens is 647 g/mol. The highest BCUT2D eigenvalue weighted by Gasteiger charge is 2.68. The molecule has 2 heterocycles. The Balaban J connectivity index is 1.36. The van der Waals surface area contributed by atoms with E-state index in [0.29, 0.717) is 16.9 Å². The fourth-order valence-electron chi connectivity index (χ4n) is 8.22. The number of imide groups is 2. The van der Waals surface area contributed by atoms with Gasteiger partial charge in [-0.3, -0.25) is 19.2 Å². The van der Waals surface area contributed by atoms with Crippen molar-refractivity contribution in [2.45, 2.75) is 25.7 Å². The van der Waals surface area contributed by atoms with E-state index >= 15 is 0 Å². The summed E-state index contributed by atoms with van der Waals surface area (Å²) in [7, 11) is 1.43. The van der Waals surface area contributed by atoms with E-state index in [9.17, 15) is 43.7 Å². The van der Waals surface area contributed by atoms with Crippen molar-refractivity contribution in [1.29, 1.82) is 0 Å². The van der Waals surface area contributed by atoms with Crippen molar-refractivity contribution in [3.8, 4) is 17.2 Å². The third-order valence-corrected chi connectivity index (χ3v) is 10.7. The molecule has 6 unspecified atom stereocenters. The Morgan fingerprint density at radius 3 is 2.27 bits per heavy atom. The highest BCUT2D eigenvalue weighted by atomic mass is 35.5. The van der Waals surface area contributed by atoms with Crippen molar-refractivity contribution in [3.63, 3.8) is 0 Å². The average molecular weight is 675 g/mol. The number of allylic oxidation sites excluding steroid dienone is 2. The van der Waals surface area contributed by atoms with Crippen molar-refractivity contribution in [2.75, 3.05) is 16.9 Å². The predicted octanol–water partition coefficient (Wildman–Crippen LogP) is 5.03. The number of carboxylic acids is 1. The third-order valence-electron chi connectivity index (χ3n) is 10.5. The zero-order valence-electron chi connectivity index (χ0n) is 25.5. The van der Waals surface area contributed by atoms with Crippen molar-refractivity contribution in [3.05, 3.63) is 88.2 Å². The molecule has 0 spiro atoms. The van der Waals surface area contributed by atoms with Gasteiger partial charge in [-0.2, -0.15) is 0 Å². The first-order valence-corrected chi connectivity index (χ1v) is 15.5. The van der Waals surface area contributed by atoms with Crippen LogP contribution in [0.15, 0.2) is 66.2 Å². The van der Waals surface area contributed by atoms with Crippen LogP contribution in [0.3, 0.4) is 0 Å². The molecule has 2 aliphatic carbocycles. The number of phenols is 2. The van der Waals surface area contributed by atoms with Gasteiger partial charge in [-0.1, -0.05) is 29.3 Å². The fraction of sp³-hybridized carbons (Fsp3) is 0.286. The third kappa shape index (κ3) is 4.28. The van der Waals surface area contributed by atoms with Crippen LogP contribution in [0.1, 0.15) is 41.6 Å². The van der Waals surface area contributed by atoms with E-state index in [1.54, 1.807) is 25.1 Å². The summed E-state index contributed by atoms with van der Waals surface area (Å²) in [5, 5.41) is 30.7. The van der Waals surface area contributed by atoms with Crippen molar-refractivity contribution < 1.29 is 48.4 Å². The maximum atomic E-state index is 14.5. The smallest absolute Gasteiger partial charge is 0.339 e. The average Bonchev–Trinajstić information content (AvgIpc) is 3.42. The molecule has 0 bridgehead atoms. The molecule has 246 valence electrons. The summed E-state index contributed by atoms with van der Waals surface area (Å²) in [6.45, 7) is 1.64. The summed E-state index contributed by atoms with van der Waals surface area (Å²) in [5.74, 6) is -9.33. The van der Waals surface area contributed by atoms with Crippen LogP contribution in [-0.2, 0) is 19.2 Å². The first kappa shape index (κ1) is 31.4. The second kappa shape index (κ2) is 10.9. The van der Waals surface area contributed by atoms with Crippen LogP contribution in [0.5, 0.6) is 17.2 Å². The molecule has 0 radical (unpaired) electrons. The minimum atomic E-state index is -1.47. The standard InChI is InChI=1S/C35H28ClFN2O9/c1-35-23(31(43)39(34(35)47)15-4-10-25(37)24(36)11-15)14-22-18(29(35)19-7-5-17(48-2)13-27(19)41)8-9-21-28(22)32(44)38(30(21)42)16-3-6-20(33(45)46)26(40)12-16/h3-8,10-13,21-23,28-29,40-41H,9,14H2,1-2H3,(H,45,46). The molecule has 13 heteroatoms. The van der Waals surface area contributed by atoms with E-state index in [4.69, 9.17) is 16.3 Å². The molecule has 7 rings (SSSR count). The van der Waals surface area contributed by atoms with Gasteiger partial charge in [-0.05, 0) is 62.1 Å². The number of carboxylic acid groups (broad SMARTS) is 1. The highest BCUT2D eigenvalue weighted by molar-refractivity contribution is 6.32. The Hall–Kier alpha value is -5.23. The number of anilines is 2. The number of carbonyl (C=O) groups excluding carboxylic acids is 4. The Kier molecular flexibility index (Phi) is 7.13. The number of rotatable bonds is 5. The van der Waals surface area contributed by atoms with Gasteiger partial charge in [0.1, 0.15) is 28.6 Å². The number of benzene rings is 3.